The normalized spacial score (nSPS) is 17.1. The third-order valence-corrected chi connectivity index (χ3v) is 6.17. The van der Waals surface area contributed by atoms with E-state index in [2.05, 4.69) is 15.0 Å². The lowest BCUT2D eigenvalue weighted by Gasteiger charge is -2.36. The number of carbonyl (C=O) groups is 1. The van der Waals surface area contributed by atoms with Gasteiger partial charge in [-0.2, -0.15) is 9.61 Å². The van der Waals surface area contributed by atoms with Gasteiger partial charge in [-0.05, 0) is 50.6 Å². The highest BCUT2D eigenvalue weighted by Crippen LogP contribution is 2.41. The smallest absolute Gasteiger partial charge is 0.309 e. The largest absolute Gasteiger partial charge is 0.492 e. The van der Waals surface area contributed by atoms with Crippen molar-refractivity contribution in [1.29, 1.82) is 0 Å². The van der Waals surface area contributed by atoms with Crippen LogP contribution in [-0.4, -0.2) is 50.3 Å². The molecule has 1 aliphatic rings. The predicted molar refractivity (Wildman–Crippen MR) is 102 cm³/mol. The molecular weight excluding hydrogens is 383 g/mol. The van der Waals surface area contributed by atoms with E-state index in [-0.39, 0.29) is 29.6 Å². The van der Waals surface area contributed by atoms with Crippen LogP contribution in [-0.2, 0) is 9.53 Å². The second-order valence-corrected chi connectivity index (χ2v) is 7.77. The van der Waals surface area contributed by atoms with Crippen molar-refractivity contribution < 1.29 is 19.0 Å². The number of hydrogen-bond donors (Lipinski definition) is 1. The van der Waals surface area contributed by atoms with Crippen LogP contribution in [0, 0.1) is 11.7 Å². The minimum absolute atomic E-state index is 0.0411. The average Bonchev–Trinajstić information content (AvgIpc) is 3.28. The van der Waals surface area contributed by atoms with Gasteiger partial charge in [-0.15, -0.1) is 0 Å². The van der Waals surface area contributed by atoms with E-state index in [0.717, 1.165) is 5.56 Å². The molecule has 1 aliphatic heterocycles. The van der Waals surface area contributed by atoms with Crippen molar-refractivity contribution in [3.63, 3.8) is 0 Å². The number of ether oxygens (including phenoxy) is 1. The van der Waals surface area contributed by atoms with Crippen LogP contribution in [0.25, 0.3) is 4.96 Å². The van der Waals surface area contributed by atoms with Crippen molar-refractivity contribution in [3.8, 4) is 5.88 Å². The molecule has 0 amide bonds. The third-order valence-electron chi connectivity index (χ3n) is 5.09. The van der Waals surface area contributed by atoms with E-state index in [1.165, 1.54) is 34.3 Å². The van der Waals surface area contributed by atoms with E-state index in [1.807, 2.05) is 6.92 Å². The van der Waals surface area contributed by atoms with Crippen molar-refractivity contribution in [3.05, 3.63) is 46.9 Å². The number of likely N-dealkylation sites (tertiary alicyclic amines) is 1. The Labute approximate surface area is 165 Å². The molecule has 1 fully saturated rings. The highest BCUT2D eigenvalue weighted by molar-refractivity contribution is 7.17. The molecule has 28 heavy (non-hydrogen) atoms. The Balaban J connectivity index is 1.64. The molecule has 4 rings (SSSR count). The van der Waals surface area contributed by atoms with E-state index < -0.39 is 0 Å². The Kier molecular flexibility index (Phi) is 5.27. The minimum Gasteiger partial charge on any atom is -0.492 e. The maximum Gasteiger partial charge on any atom is 0.309 e. The van der Waals surface area contributed by atoms with Gasteiger partial charge in [-0.1, -0.05) is 23.5 Å². The quantitative estimate of drug-likeness (QED) is 0.659. The van der Waals surface area contributed by atoms with Gasteiger partial charge in [0.15, 0.2) is 0 Å². The molecule has 3 aromatic rings. The first-order chi connectivity index (χ1) is 13.6. The molecule has 0 spiro atoms. The van der Waals surface area contributed by atoms with E-state index in [1.54, 1.807) is 12.1 Å². The van der Waals surface area contributed by atoms with Gasteiger partial charge < -0.3 is 9.84 Å². The number of hydrogen-bond acceptors (Lipinski definition) is 7. The Morgan fingerprint density at radius 2 is 2.07 bits per heavy atom. The summed E-state index contributed by atoms with van der Waals surface area (Å²) in [4.78, 5) is 19.7. The lowest BCUT2D eigenvalue weighted by molar-refractivity contribution is -0.149. The van der Waals surface area contributed by atoms with Crippen LogP contribution in [0.15, 0.2) is 30.6 Å². The second-order valence-electron chi connectivity index (χ2n) is 6.76. The fourth-order valence-electron chi connectivity index (χ4n) is 3.70. The van der Waals surface area contributed by atoms with Crippen molar-refractivity contribution >= 4 is 22.3 Å². The average molecular weight is 404 g/mol. The van der Waals surface area contributed by atoms with Crippen LogP contribution in [0.3, 0.4) is 0 Å². The minimum atomic E-state index is -0.310. The number of rotatable bonds is 5. The molecule has 3 heterocycles. The van der Waals surface area contributed by atoms with Crippen molar-refractivity contribution in [2.45, 2.75) is 25.8 Å². The maximum absolute atomic E-state index is 13.5. The zero-order chi connectivity index (χ0) is 19.7. The molecule has 0 radical (unpaired) electrons. The molecule has 0 saturated carbocycles. The van der Waals surface area contributed by atoms with Crippen molar-refractivity contribution in [2.24, 2.45) is 5.92 Å². The molecule has 1 atom stereocenters. The van der Waals surface area contributed by atoms with Gasteiger partial charge in [0.05, 0.1) is 23.4 Å². The van der Waals surface area contributed by atoms with Crippen LogP contribution in [0.1, 0.15) is 36.2 Å². The maximum atomic E-state index is 13.5. The molecular formula is C19H21FN4O3S. The molecule has 148 valence electrons. The molecule has 1 N–H and O–H groups in total. The molecule has 1 aromatic carbocycles. The Bertz CT molecular complexity index is 963. The number of aromatic hydroxyl groups is 1. The Morgan fingerprint density at radius 3 is 2.71 bits per heavy atom. The zero-order valence-corrected chi connectivity index (χ0v) is 16.2. The summed E-state index contributed by atoms with van der Waals surface area (Å²) in [5.41, 5.74) is 0.871. The zero-order valence-electron chi connectivity index (χ0n) is 15.4. The monoisotopic (exact) mass is 404 g/mol. The summed E-state index contributed by atoms with van der Waals surface area (Å²) < 4.78 is 20.0. The lowest BCUT2D eigenvalue weighted by atomic mass is 9.93. The molecule has 7 nitrogen and oxygen atoms in total. The summed E-state index contributed by atoms with van der Waals surface area (Å²) in [6.45, 7) is 3.52. The van der Waals surface area contributed by atoms with Gasteiger partial charge in [-0.3, -0.25) is 9.69 Å². The van der Waals surface area contributed by atoms with E-state index in [4.69, 9.17) is 4.74 Å². The van der Waals surface area contributed by atoms with Crippen LogP contribution in [0.2, 0.25) is 0 Å². The number of esters is 1. The first kappa shape index (κ1) is 18.8. The SMILES string of the molecule is CCOC(=O)C1CCN(C(c2ccc(F)cc2)c2sc3ncnn3c2O)CC1. The molecule has 9 heteroatoms. The van der Waals surface area contributed by atoms with Gasteiger partial charge >= 0.3 is 5.97 Å². The van der Waals surface area contributed by atoms with Crippen molar-refractivity contribution in [1.82, 2.24) is 19.5 Å². The first-order valence-corrected chi connectivity index (χ1v) is 10.1. The van der Waals surface area contributed by atoms with Crippen molar-refractivity contribution in [2.75, 3.05) is 19.7 Å². The second kappa shape index (κ2) is 7.84. The molecule has 1 saturated heterocycles. The summed E-state index contributed by atoms with van der Waals surface area (Å²) in [6.07, 6.45) is 2.75. The number of fused-ring (bicyclic) bond motifs is 1. The van der Waals surface area contributed by atoms with E-state index >= 15 is 0 Å². The van der Waals surface area contributed by atoms with Crippen LogP contribution >= 0.6 is 11.3 Å². The summed E-state index contributed by atoms with van der Waals surface area (Å²) in [6, 6.07) is 6.03. The van der Waals surface area contributed by atoms with Crippen LogP contribution in [0.4, 0.5) is 4.39 Å². The molecule has 0 bridgehead atoms. The summed E-state index contributed by atoms with van der Waals surface area (Å²) >= 11 is 1.36. The number of carbonyl (C=O) groups excluding carboxylic acids is 1. The Hall–Kier alpha value is -2.52. The topological polar surface area (TPSA) is 80.0 Å². The van der Waals surface area contributed by atoms with Gasteiger partial charge in [-0.25, -0.2) is 9.37 Å². The lowest BCUT2D eigenvalue weighted by Crippen LogP contribution is -2.39. The van der Waals surface area contributed by atoms with Gasteiger partial charge in [0.2, 0.25) is 10.8 Å². The van der Waals surface area contributed by atoms with E-state index in [9.17, 15) is 14.3 Å². The number of halogens is 1. The summed E-state index contributed by atoms with van der Waals surface area (Å²) in [5, 5.41) is 14.8. The summed E-state index contributed by atoms with van der Waals surface area (Å²) in [7, 11) is 0. The standard InChI is InChI=1S/C19H21FN4O3S/c1-2-27-18(26)13-7-9-23(10-8-13)15(12-3-5-14(20)6-4-12)16-17(25)24-19(28-16)21-11-22-24/h3-6,11,13,15,25H,2,7-10H2,1H3. The fraction of sp³-hybridized carbons (Fsp3) is 0.421. The van der Waals surface area contributed by atoms with Crippen LogP contribution in [0.5, 0.6) is 5.88 Å². The van der Waals surface area contributed by atoms with Gasteiger partial charge in [0.25, 0.3) is 0 Å². The molecule has 0 aliphatic carbocycles. The summed E-state index contributed by atoms with van der Waals surface area (Å²) in [5.74, 6) is -0.530. The molecule has 2 aromatic heterocycles. The van der Waals surface area contributed by atoms with Gasteiger partial charge in [0.1, 0.15) is 12.1 Å². The highest BCUT2D eigenvalue weighted by Gasteiger charge is 2.34. The van der Waals surface area contributed by atoms with E-state index in [0.29, 0.717) is 42.4 Å². The Morgan fingerprint density at radius 1 is 1.36 bits per heavy atom. The fourth-order valence-corrected chi connectivity index (χ4v) is 4.79. The number of piperidine rings is 1. The number of thiazole rings is 1. The number of aromatic nitrogens is 3. The van der Waals surface area contributed by atoms with Gasteiger partial charge in [0, 0.05) is 0 Å². The number of nitrogens with zero attached hydrogens (tertiary/aromatic N) is 4. The van der Waals surface area contributed by atoms with Crippen LogP contribution < -0.4 is 0 Å². The highest BCUT2D eigenvalue weighted by atomic mass is 32.1. The predicted octanol–water partition coefficient (Wildman–Crippen LogP) is 3.00. The number of benzene rings is 1. The first-order valence-electron chi connectivity index (χ1n) is 9.26. The third kappa shape index (κ3) is 3.47. The molecule has 1 unspecified atom stereocenters.